The summed E-state index contributed by atoms with van der Waals surface area (Å²) in [4.78, 5) is 9.90. The molecule has 3 heteroatoms. The van der Waals surface area contributed by atoms with E-state index in [1.54, 1.807) is 12.1 Å². The Bertz CT molecular complexity index is 178. The van der Waals surface area contributed by atoms with Gasteiger partial charge >= 0.3 is 1.43 Å². The fourth-order valence-electron chi connectivity index (χ4n) is 0.376. The lowest BCUT2D eigenvalue weighted by Gasteiger charge is -1.80. The highest BCUT2D eigenvalue weighted by Crippen LogP contribution is 1.81. The van der Waals surface area contributed by atoms with E-state index in [2.05, 4.69) is 10.2 Å². The van der Waals surface area contributed by atoms with Gasteiger partial charge in [-0.05, 0) is 12.1 Å². The summed E-state index contributed by atoms with van der Waals surface area (Å²) in [6.07, 6.45) is 2.18. The number of carbonyl (C=O) groups is 1. The summed E-state index contributed by atoms with van der Waals surface area (Å²) in [7, 11) is 0. The van der Waals surface area contributed by atoms with Crippen LogP contribution in [-0.2, 0) is 0 Å². The molecule has 0 aromatic carbocycles. The van der Waals surface area contributed by atoms with Crippen LogP contribution in [-0.4, -0.2) is 16.5 Å². The predicted molar refractivity (Wildman–Crippen MR) is 28.5 cm³/mol. The molecule has 1 rings (SSSR count). The molecule has 0 fully saturated rings. The first-order valence-electron chi connectivity index (χ1n) is 2.16. The van der Waals surface area contributed by atoms with Gasteiger partial charge in [-0.1, -0.05) is 0 Å². The Balaban J connectivity index is 0.000000640. The average Bonchev–Trinajstić information content (AvgIpc) is 1.90. The van der Waals surface area contributed by atoms with Crippen LogP contribution in [0.3, 0.4) is 0 Å². The van der Waals surface area contributed by atoms with Crippen LogP contribution in [0.2, 0.25) is 0 Å². The number of aromatic nitrogens is 2. The molecule has 0 amide bonds. The molecular weight excluding hydrogens is 104 g/mol. The SMILES string of the molecule is O=Cc1cccnn1.[H+]. The molecule has 0 N–H and O–H groups in total. The summed E-state index contributed by atoms with van der Waals surface area (Å²) < 4.78 is 0. The van der Waals surface area contributed by atoms with Gasteiger partial charge < -0.3 is 0 Å². The molecular formula is C5H5N2O+. The van der Waals surface area contributed by atoms with E-state index in [1.807, 2.05) is 0 Å². The van der Waals surface area contributed by atoms with Gasteiger partial charge in [0.25, 0.3) is 0 Å². The normalized spacial score (nSPS) is 8.50. The zero-order valence-electron chi connectivity index (χ0n) is 5.11. The molecule has 0 spiro atoms. The Hall–Kier alpha value is -1.25. The molecule has 40 valence electrons. The predicted octanol–water partition coefficient (Wildman–Crippen LogP) is 0.402. The van der Waals surface area contributed by atoms with Crippen LogP contribution in [0.4, 0.5) is 0 Å². The van der Waals surface area contributed by atoms with Gasteiger partial charge in [0.1, 0.15) is 5.69 Å². The van der Waals surface area contributed by atoms with Crippen molar-refractivity contribution in [3.63, 3.8) is 0 Å². The zero-order chi connectivity index (χ0) is 5.82. The minimum atomic E-state index is 0. The highest BCUT2D eigenvalue weighted by Gasteiger charge is 1.83. The standard InChI is InChI=1S/C5H4N2O/c8-4-5-2-1-3-6-7-5/h1-4H/p+1. The number of rotatable bonds is 1. The van der Waals surface area contributed by atoms with Gasteiger partial charge in [-0.2, -0.15) is 5.10 Å². The van der Waals surface area contributed by atoms with Crippen LogP contribution in [0.1, 0.15) is 11.9 Å². The van der Waals surface area contributed by atoms with Crippen molar-refractivity contribution in [1.29, 1.82) is 0 Å². The highest BCUT2D eigenvalue weighted by molar-refractivity contribution is 5.70. The van der Waals surface area contributed by atoms with E-state index in [1.165, 1.54) is 6.20 Å². The molecule has 0 aliphatic carbocycles. The van der Waals surface area contributed by atoms with Crippen LogP contribution in [0.5, 0.6) is 0 Å². The number of aldehydes is 1. The summed E-state index contributed by atoms with van der Waals surface area (Å²) in [5.41, 5.74) is 0.368. The topological polar surface area (TPSA) is 42.9 Å². The Morgan fingerprint density at radius 2 is 2.62 bits per heavy atom. The molecule has 3 nitrogen and oxygen atoms in total. The second-order valence-electron chi connectivity index (χ2n) is 1.27. The third-order valence-electron chi connectivity index (χ3n) is 0.714. The highest BCUT2D eigenvalue weighted by atomic mass is 16.1. The van der Waals surface area contributed by atoms with Crippen molar-refractivity contribution in [2.45, 2.75) is 0 Å². The van der Waals surface area contributed by atoms with Crippen molar-refractivity contribution in [1.82, 2.24) is 10.2 Å². The fourth-order valence-corrected chi connectivity index (χ4v) is 0.376. The van der Waals surface area contributed by atoms with E-state index in [4.69, 9.17) is 0 Å². The maximum Gasteiger partial charge on any atom is 1.00 e. The molecule has 1 aromatic rings. The lowest BCUT2D eigenvalue weighted by Crippen LogP contribution is -1.85. The molecule has 1 aromatic heterocycles. The summed E-state index contributed by atoms with van der Waals surface area (Å²) in [6.45, 7) is 0. The number of hydrogen-bond acceptors (Lipinski definition) is 3. The van der Waals surface area contributed by atoms with Crippen molar-refractivity contribution in [3.8, 4) is 0 Å². The van der Waals surface area contributed by atoms with Crippen molar-refractivity contribution >= 4 is 6.29 Å². The van der Waals surface area contributed by atoms with E-state index in [9.17, 15) is 4.79 Å². The Morgan fingerprint density at radius 1 is 1.75 bits per heavy atom. The molecule has 0 aliphatic heterocycles. The van der Waals surface area contributed by atoms with Gasteiger partial charge in [0, 0.05) is 6.20 Å². The second-order valence-corrected chi connectivity index (χ2v) is 1.27. The third kappa shape index (κ3) is 0.872. The maximum atomic E-state index is 9.90. The lowest BCUT2D eigenvalue weighted by molar-refractivity contribution is 0.111. The van der Waals surface area contributed by atoms with Crippen molar-refractivity contribution in [3.05, 3.63) is 24.0 Å². The van der Waals surface area contributed by atoms with Gasteiger partial charge in [0.05, 0.1) is 0 Å². The van der Waals surface area contributed by atoms with Crippen LogP contribution in [0.15, 0.2) is 18.3 Å². The summed E-state index contributed by atoms with van der Waals surface area (Å²) >= 11 is 0. The molecule has 0 radical (unpaired) electrons. The first-order chi connectivity index (χ1) is 3.93. The van der Waals surface area contributed by atoms with Crippen molar-refractivity contribution < 1.29 is 6.22 Å². The average molecular weight is 109 g/mol. The molecule has 1 heterocycles. The summed E-state index contributed by atoms with van der Waals surface area (Å²) in [6, 6.07) is 3.26. The van der Waals surface area contributed by atoms with Crippen LogP contribution < -0.4 is 0 Å². The summed E-state index contributed by atoms with van der Waals surface area (Å²) in [5.74, 6) is 0. The minimum Gasteiger partial charge on any atom is -0.296 e. The lowest BCUT2D eigenvalue weighted by atomic mass is 10.4. The smallest absolute Gasteiger partial charge is 0.296 e. The Morgan fingerprint density at radius 3 is 3.00 bits per heavy atom. The van der Waals surface area contributed by atoms with E-state index >= 15 is 0 Å². The van der Waals surface area contributed by atoms with Gasteiger partial charge in [-0.15, -0.1) is 5.10 Å². The van der Waals surface area contributed by atoms with Gasteiger partial charge in [0.15, 0.2) is 6.29 Å². The largest absolute Gasteiger partial charge is 1.00 e. The van der Waals surface area contributed by atoms with E-state index < -0.39 is 0 Å². The zero-order valence-corrected chi connectivity index (χ0v) is 4.11. The minimum absolute atomic E-state index is 0. The first-order valence-corrected chi connectivity index (χ1v) is 2.16. The molecule has 8 heavy (non-hydrogen) atoms. The first kappa shape index (κ1) is 4.90. The third-order valence-corrected chi connectivity index (χ3v) is 0.714. The van der Waals surface area contributed by atoms with Crippen LogP contribution in [0.25, 0.3) is 0 Å². The number of carbonyl (C=O) groups excluding carboxylic acids is 1. The van der Waals surface area contributed by atoms with Gasteiger partial charge in [-0.25, -0.2) is 0 Å². The van der Waals surface area contributed by atoms with Gasteiger partial charge in [-0.3, -0.25) is 4.79 Å². The maximum absolute atomic E-state index is 9.90. The summed E-state index contributed by atoms with van der Waals surface area (Å²) in [5, 5.41) is 6.95. The van der Waals surface area contributed by atoms with E-state index in [-0.39, 0.29) is 1.43 Å². The monoisotopic (exact) mass is 109 g/mol. The fraction of sp³-hybridized carbons (Fsp3) is 0. The van der Waals surface area contributed by atoms with Gasteiger partial charge in [0.2, 0.25) is 0 Å². The molecule has 0 saturated carbocycles. The Labute approximate surface area is 47.9 Å². The number of nitrogens with zero attached hydrogens (tertiary/aromatic N) is 2. The molecule has 0 saturated heterocycles. The van der Waals surface area contributed by atoms with Crippen molar-refractivity contribution in [2.75, 3.05) is 0 Å². The molecule has 0 unspecified atom stereocenters. The van der Waals surface area contributed by atoms with Crippen LogP contribution in [0, 0.1) is 0 Å². The number of hydrogen-bond donors (Lipinski definition) is 0. The van der Waals surface area contributed by atoms with E-state index in [0.29, 0.717) is 12.0 Å². The molecule has 0 bridgehead atoms. The molecule has 0 aliphatic rings. The van der Waals surface area contributed by atoms with E-state index in [0.717, 1.165) is 0 Å². The quantitative estimate of drug-likeness (QED) is 0.490. The molecule has 0 atom stereocenters. The van der Waals surface area contributed by atoms with Crippen molar-refractivity contribution in [2.24, 2.45) is 0 Å². The Kier molecular flexibility index (Phi) is 1.32. The van der Waals surface area contributed by atoms with Crippen LogP contribution >= 0.6 is 0 Å². The second kappa shape index (κ2) is 2.16.